The summed E-state index contributed by atoms with van der Waals surface area (Å²) in [5.74, 6) is 0.495. The molecular formula is C21H22N4O2. The van der Waals surface area contributed by atoms with Gasteiger partial charge in [-0.25, -0.2) is 4.98 Å². The van der Waals surface area contributed by atoms with Crippen LogP contribution in [0.1, 0.15) is 34.6 Å². The molecule has 1 aliphatic rings. The first-order valence-electron chi connectivity index (χ1n) is 9.18. The van der Waals surface area contributed by atoms with E-state index in [2.05, 4.69) is 15.6 Å². The third-order valence-corrected chi connectivity index (χ3v) is 4.67. The first kappa shape index (κ1) is 17.3. The van der Waals surface area contributed by atoms with E-state index < -0.39 is 0 Å². The fourth-order valence-corrected chi connectivity index (χ4v) is 3.13. The van der Waals surface area contributed by atoms with E-state index in [9.17, 15) is 9.59 Å². The fourth-order valence-electron chi connectivity index (χ4n) is 3.13. The average molecular weight is 362 g/mol. The van der Waals surface area contributed by atoms with Gasteiger partial charge in [0.1, 0.15) is 12.4 Å². The van der Waals surface area contributed by atoms with Crippen LogP contribution in [0.5, 0.6) is 0 Å². The standard InChI is InChI=1S/C21H22N4O2/c1-14-5-4-6-15(11-14)21(27)22-12-19-24-17-7-2-3-8-18(17)25(19)13-20(26)23-16-9-10-16/h2-8,11,16H,9-10,12-13H2,1H3,(H,22,27)(H,23,26). The molecule has 2 amide bonds. The number of hydrogen-bond acceptors (Lipinski definition) is 3. The number of aryl methyl sites for hydroxylation is 1. The molecule has 0 aliphatic heterocycles. The first-order chi connectivity index (χ1) is 13.1. The molecule has 138 valence electrons. The molecule has 0 radical (unpaired) electrons. The van der Waals surface area contributed by atoms with Gasteiger partial charge in [0.15, 0.2) is 0 Å². The number of amides is 2. The average Bonchev–Trinajstić information content (AvgIpc) is 3.40. The summed E-state index contributed by atoms with van der Waals surface area (Å²) in [7, 11) is 0. The molecular weight excluding hydrogens is 340 g/mol. The number of carbonyl (C=O) groups excluding carboxylic acids is 2. The maximum atomic E-state index is 12.4. The smallest absolute Gasteiger partial charge is 0.251 e. The molecule has 0 unspecified atom stereocenters. The summed E-state index contributed by atoms with van der Waals surface area (Å²) in [6.07, 6.45) is 2.10. The predicted octanol–water partition coefficient (Wildman–Crippen LogP) is 2.55. The van der Waals surface area contributed by atoms with Gasteiger partial charge in [0.25, 0.3) is 5.91 Å². The van der Waals surface area contributed by atoms with Crippen molar-refractivity contribution in [2.45, 2.75) is 38.9 Å². The van der Waals surface area contributed by atoms with Gasteiger partial charge in [-0.1, -0.05) is 29.8 Å². The lowest BCUT2D eigenvalue weighted by molar-refractivity contribution is -0.121. The normalized spacial score (nSPS) is 13.5. The van der Waals surface area contributed by atoms with Gasteiger partial charge in [0, 0.05) is 11.6 Å². The van der Waals surface area contributed by atoms with Crippen LogP contribution in [0.25, 0.3) is 11.0 Å². The van der Waals surface area contributed by atoms with Crippen LogP contribution < -0.4 is 10.6 Å². The van der Waals surface area contributed by atoms with Gasteiger partial charge in [-0.2, -0.15) is 0 Å². The van der Waals surface area contributed by atoms with Crippen molar-refractivity contribution in [1.29, 1.82) is 0 Å². The second-order valence-electron chi connectivity index (χ2n) is 7.00. The number of carbonyl (C=O) groups is 2. The SMILES string of the molecule is Cc1cccc(C(=O)NCc2nc3ccccc3n2CC(=O)NC2CC2)c1. The van der Waals surface area contributed by atoms with Gasteiger partial charge in [0.2, 0.25) is 5.91 Å². The van der Waals surface area contributed by atoms with Crippen LogP contribution in [0.4, 0.5) is 0 Å². The van der Waals surface area contributed by atoms with Crippen molar-refractivity contribution < 1.29 is 9.59 Å². The maximum absolute atomic E-state index is 12.4. The van der Waals surface area contributed by atoms with Gasteiger partial charge in [-0.15, -0.1) is 0 Å². The number of imidazole rings is 1. The van der Waals surface area contributed by atoms with Gasteiger partial charge in [-0.05, 0) is 44.0 Å². The molecule has 0 atom stereocenters. The highest BCUT2D eigenvalue weighted by molar-refractivity contribution is 5.94. The predicted molar refractivity (Wildman–Crippen MR) is 103 cm³/mol. The summed E-state index contributed by atoms with van der Waals surface area (Å²) in [6, 6.07) is 15.5. The van der Waals surface area contributed by atoms with Crippen molar-refractivity contribution in [3.63, 3.8) is 0 Å². The van der Waals surface area contributed by atoms with Crippen LogP contribution in [0.3, 0.4) is 0 Å². The molecule has 27 heavy (non-hydrogen) atoms. The van der Waals surface area contributed by atoms with E-state index in [1.807, 2.05) is 54.0 Å². The van der Waals surface area contributed by atoms with E-state index in [4.69, 9.17) is 0 Å². The number of aromatic nitrogens is 2. The van der Waals surface area contributed by atoms with Gasteiger partial charge < -0.3 is 15.2 Å². The number of rotatable bonds is 6. The summed E-state index contributed by atoms with van der Waals surface area (Å²) in [4.78, 5) is 29.4. The van der Waals surface area contributed by atoms with Gasteiger partial charge >= 0.3 is 0 Å². The first-order valence-corrected chi connectivity index (χ1v) is 9.18. The van der Waals surface area contributed by atoms with Crippen molar-refractivity contribution in [3.05, 3.63) is 65.5 Å². The van der Waals surface area contributed by atoms with Crippen molar-refractivity contribution in [2.75, 3.05) is 0 Å². The molecule has 3 aromatic rings. The van der Waals surface area contributed by atoms with E-state index in [0.717, 1.165) is 29.4 Å². The van der Waals surface area contributed by atoms with E-state index >= 15 is 0 Å². The largest absolute Gasteiger partial charge is 0.352 e. The molecule has 1 aliphatic carbocycles. The van der Waals surface area contributed by atoms with Crippen molar-refractivity contribution in [3.8, 4) is 0 Å². The number of nitrogens with one attached hydrogen (secondary N) is 2. The summed E-state index contributed by atoms with van der Waals surface area (Å²) < 4.78 is 1.88. The molecule has 1 fully saturated rings. The number of hydrogen-bond donors (Lipinski definition) is 2. The summed E-state index contributed by atoms with van der Waals surface area (Å²) >= 11 is 0. The lowest BCUT2D eigenvalue weighted by Gasteiger charge is -2.11. The second kappa shape index (κ2) is 7.23. The minimum absolute atomic E-state index is 0.0214. The summed E-state index contributed by atoms with van der Waals surface area (Å²) in [5, 5.41) is 5.92. The molecule has 1 heterocycles. The zero-order chi connectivity index (χ0) is 18.8. The Labute approximate surface area is 157 Å². The Hall–Kier alpha value is -3.15. The Bertz CT molecular complexity index is 1000. The third kappa shape index (κ3) is 4.00. The molecule has 4 rings (SSSR count). The Kier molecular flexibility index (Phi) is 4.62. The zero-order valence-corrected chi connectivity index (χ0v) is 15.2. The Morgan fingerprint density at radius 3 is 2.74 bits per heavy atom. The van der Waals surface area contributed by atoms with E-state index in [1.54, 1.807) is 6.07 Å². The highest BCUT2D eigenvalue weighted by Crippen LogP contribution is 2.20. The topological polar surface area (TPSA) is 76.0 Å². The number of fused-ring (bicyclic) bond motifs is 1. The summed E-state index contributed by atoms with van der Waals surface area (Å²) in [5.41, 5.74) is 3.36. The minimum Gasteiger partial charge on any atom is -0.352 e. The molecule has 1 saturated carbocycles. The Balaban J connectivity index is 1.54. The monoisotopic (exact) mass is 362 g/mol. The molecule has 0 spiro atoms. The molecule has 2 N–H and O–H groups in total. The molecule has 1 aromatic heterocycles. The molecule has 0 bridgehead atoms. The van der Waals surface area contributed by atoms with E-state index in [1.165, 1.54) is 0 Å². The van der Waals surface area contributed by atoms with E-state index in [0.29, 0.717) is 17.4 Å². The number of para-hydroxylation sites is 2. The number of nitrogens with zero attached hydrogens (tertiary/aromatic N) is 2. The maximum Gasteiger partial charge on any atom is 0.251 e. The van der Waals surface area contributed by atoms with Crippen LogP contribution >= 0.6 is 0 Å². The van der Waals surface area contributed by atoms with Gasteiger partial charge in [0.05, 0.1) is 17.6 Å². The molecule has 6 heteroatoms. The second-order valence-corrected chi connectivity index (χ2v) is 7.00. The lowest BCUT2D eigenvalue weighted by Crippen LogP contribution is -2.31. The van der Waals surface area contributed by atoms with Crippen LogP contribution in [0, 0.1) is 6.92 Å². The highest BCUT2D eigenvalue weighted by Gasteiger charge is 2.24. The number of benzene rings is 2. The van der Waals surface area contributed by atoms with Crippen LogP contribution in [0.15, 0.2) is 48.5 Å². The van der Waals surface area contributed by atoms with E-state index in [-0.39, 0.29) is 24.9 Å². The molecule has 2 aromatic carbocycles. The Morgan fingerprint density at radius 2 is 1.96 bits per heavy atom. The van der Waals surface area contributed by atoms with Crippen molar-refractivity contribution >= 4 is 22.8 Å². The minimum atomic E-state index is -0.153. The van der Waals surface area contributed by atoms with Crippen LogP contribution in [0.2, 0.25) is 0 Å². The van der Waals surface area contributed by atoms with Gasteiger partial charge in [-0.3, -0.25) is 9.59 Å². The third-order valence-electron chi connectivity index (χ3n) is 4.67. The van der Waals surface area contributed by atoms with Crippen LogP contribution in [-0.4, -0.2) is 27.4 Å². The summed E-state index contributed by atoms with van der Waals surface area (Å²) in [6.45, 7) is 2.42. The quantitative estimate of drug-likeness (QED) is 0.708. The highest BCUT2D eigenvalue weighted by atomic mass is 16.2. The fraction of sp³-hybridized carbons (Fsp3) is 0.286. The zero-order valence-electron chi connectivity index (χ0n) is 15.2. The lowest BCUT2D eigenvalue weighted by atomic mass is 10.1. The molecule has 6 nitrogen and oxygen atoms in total. The van der Waals surface area contributed by atoms with Crippen LogP contribution in [-0.2, 0) is 17.9 Å². The van der Waals surface area contributed by atoms with Crippen molar-refractivity contribution in [1.82, 2.24) is 20.2 Å². The molecule has 0 saturated heterocycles. The Morgan fingerprint density at radius 1 is 1.15 bits per heavy atom. The van der Waals surface area contributed by atoms with Crippen molar-refractivity contribution in [2.24, 2.45) is 0 Å².